The molecule has 0 radical (unpaired) electrons. The molecule has 0 bridgehead atoms. The number of ether oxygens (including phenoxy) is 1. The van der Waals surface area contributed by atoms with Gasteiger partial charge in [0.15, 0.2) is 0 Å². The Hall–Kier alpha value is -1.98. The number of benzene rings is 2. The van der Waals surface area contributed by atoms with E-state index in [1.165, 1.54) is 31.4 Å². The van der Waals surface area contributed by atoms with Crippen LogP contribution in [0.3, 0.4) is 0 Å². The van der Waals surface area contributed by atoms with Crippen LogP contribution >= 0.6 is 0 Å². The first kappa shape index (κ1) is 14.4. The molecule has 0 fully saturated rings. The Kier molecular flexibility index (Phi) is 4.32. The highest BCUT2D eigenvalue weighted by Crippen LogP contribution is 2.30. The Morgan fingerprint density at radius 3 is 2.50 bits per heavy atom. The number of rotatable bonds is 4. The monoisotopic (exact) mass is 278 g/mol. The third kappa shape index (κ3) is 2.79. The Morgan fingerprint density at radius 2 is 1.90 bits per heavy atom. The van der Waals surface area contributed by atoms with Gasteiger partial charge in [-0.2, -0.15) is 0 Å². The average Bonchev–Trinajstić information content (AvgIpc) is 2.44. The second-order valence-corrected chi connectivity index (χ2v) is 4.49. The average molecular weight is 278 g/mol. The van der Waals surface area contributed by atoms with Gasteiger partial charge < -0.3 is 4.74 Å². The molecule has 106 valence electrons. The normalized spacial score (nSPS) is 12.2. The summed E-state index contributed by atoms with van der Waals surface area (Å²) in [6.45, 7) is 1.67. The zero-order chi connectivity index (χ0) is 14.7. The van der Waals surface area contributed by atoms with Gasteiger partial charge in [0.05, 0.1) is 13.2 Å². The fourth-order valence-electron chi connectivity index (χ4n) is 2.09. The summed E-state index contributed by atoms with van der Waals surface area (Å²) in [5.74, 6) is 5.29. The summed E-state index contributed by atoms with van der Waals surface area (Å²) in [6, 6.07) is 8.35. The molecule has 0 amide bonds. The maximum atomic E-state index is 13.7. The van der Waals surface area contributed by atoms with Gasteiger partial charge in [-0.05, 0) is 42.3 Å². The van der Waals surface area contributed by atoms with Crippen LogP contribution in [-0.2, 0) is 0 Å². The maximum Gasteiger partial charge on any atom is 0.126 e. The summed E-state index contributed by atoms with van der Waals surface area (Å²) >= 11 is 0. The van der Waals surface area contributed by atoms with Crippen molar-refractivity contribution in [1.82, 2.24) is 5.43 Å². The molecular formula is C15H16F2N2O. The molecule has 0 saturated heterocycles. The molecule has 3 N–H and O–H groups in total. The lowest BCUT2D eigenvalue weighted by Crippen LogP contribution is -2.29. The SMILES string of the molecule is COc1ccc(F)cc1C(NN)c1ccc(C)c(F)c1. The molecule has 0 aromatic heterocycles. The minimum Gasteiger partial charge on any atom is -0.496 e. The van der Waals surface area contributed by atoms with Gasteiger partial charge in [0.1, 0.15) is 17.4 Å². The summed E-state index contributed by atoms with van der Waals surface area (Å²) in [5, 5.41) is 0. The Balaban J connectivity index is 2.51. The largest absolute Gasteiger partial charge is 0.496 e. The van der Waals surface area contributed by atoms with Gasteiger partial charge in [-0.15, -0.1) is 0 Å². The van der Waals surface area contributed by atoms with Gasteiger partial charge >= 0.3 is 0 Å². The van der Waals surface area contributed by atoms with Gasteiger partial charge in [0.2, 0.25) is 0 Å². The second kappa shape index (κ2) is 5.98. The van der Waals surface area contributed by atoms with Crippen LogP contribution in [0.4, 0.5) is 8.78 Å². The molecule has 1 atom stereocenters. The predicted molar refractivity (Wildman–Crippen MR) is 73.3 cm³/mol. The summed E-state index contributed by atoms with van der Waals surface area (Å²) < 4.78 is 32.3. The van der Waals surface area contributed by atoms with Crippen LogP contribution in [0.5, 0.6) is 5.75 Å². The van der Waals surface area contributed by atoms with Crippen molar-refractivity contribution in [1.29, 1.82) is 0 Å². The first-order valence-corrected chi connectivity index (χ1v) is 6.12. The van der Waals surface area contributed by atoms with E-state index in [2.05, 4.69) is 5.43 Å². The van der Waals surface area contributed by atoms with Crippen LogP contribution in [0.25, 0.3) is 0 Å². The molecule has 2 aromatic rings. The highest BCUT2D eigenvalue weighted by molar-refractivity contribution is 5.42. The molecule has 5 heteroatoms. The molecule has 0 aliphatic heterocycles. The van der Waals surface area contributed by atoms with Gasteiger partial charge in [-0.1, -0.05) is 12.1 Å². The van der Waals surface area contributed by atoms with E-state index in [1.807, 2.05) is 0 Å². The van der Waals surface area contributed by atoms with Gasteiger partial charge in [-0.25, -0.2) is 14.2 Å². The standard InChI is InChI=1S/C15H16F2N2O/c1-9-3-4-10(7-13(9)17)15(19-18)12-8-11(16)5-6-14(12)20-2/h3-8,15,19H,18H2,1-2H3. The lowest BCUT2D eigenvalue weighted by Gasteiger charge is -2.20. The van der Waals surface area contributed by atoms with Crippen LogP contribution < -0.4 is 16.0 Å². The van der Waals surface area contributed by atoms with Crippen LogP contribution in [-0.4, -0.2) is 7.11 Å². The number of nitrogens with two attached hydrogens (primary N) is 1. The molecular weight excluding hydrogens is 262 g/mol. The van der Waals surface area contributed by atoms with Gasteiger partial charge in [0.25, 0.3) is 0 Å². The number of hydrogen-bond donors (Lipinski definition) is 2. The molecule has 3 nitrogen and oxygen atoms in total. The van der Waals surface area contributed by atoms with E-state index in [4.69, 9.17) is 10.6 Å². The second-order valence-electron chi connectivity index (χ2n) is 4.49. The van der Waals surface area contributed by atoms with Crippen LogP contribution in [0.15, 0.2) is 36.4 Å². The van der Waals surface area contributed by atoms with E-state index in [9.17, 15) is 8.78 Å². The van der Waals surface area contributed by atoms with E-state index in [0.29, 0.717) is 22.4 Å². The van der Waals surface area contributed by atoms with E-state index < -0.39 is 11.9 Å². The third-order valence-corrected chi connectivity index (χ3v) is 3.20. The number of nitrogens with one attached hydrogen (secondary N) is 1. The molecule has 2 aromatic carbocycles. The summed E-state index contributed by atoms with van der Waals surface area (Å²) in [4.78, 5) is 0. The van der Waals surface area contributed by atoms with Crippen molar-refractivity contribution in [2.45, 2.75) is 13.0 Å². The van der Waals surface area contributed by atoms with Crippen LogP contribution in [0.2, 0.25) is 0 Å². The predicted octanol–water partition coefficient (Wildman–Crippen LogP) is 2.83. The number of aryl methyl sites for hydroxylation is 1. The van der Waals surface area contributed by atoms with E-state index in [-0.39, 0.29) is 5.82 Å². The molecule has 0 saturated carbocycles. The summed E-state index contributed by atoms with van der Waals surface area (Å²) in [7, 11) is 1.49. The first-order valence-electron chi connectivity index (χ1n) is 6.12. The zero-order valence-electron chi connectivity index (χ0n) is 11.3. The molecule has 0 aliphatic rings. The first-order chi connectivity index (χ1) is 9.56. The van der Waals surface area contributed by atoms with Crippen molar-refractivity contribution in [2.24, 2.45) is 5.84 Å². The fraction of sp³-hybridized carbons (Fsp3) is 0.200. The molecule has 1 unspecified atom stereocenters. The maximum absolute atomic E-state index is 13.7. The van der Waals surface area contributed by atoms with Crippen molar-refractivity contribution >= 4 is 0 Å². The van der Waals surface area contributed by atoms with Crippen molar-refractivity contribution < 1.29 is 13.5 Å². The van der Waals surface area contributed by atoms with E-state index in [0.717, 1.165) is 0 Å². The van der Waals surface area contributed by atoms with Gasteiger partial charge in [0, 0.05) is 5.56 Å². The van der Waals surface area contributed by atoms with E-state index in [1.54, 1.807) is 19.1 Å². The Labute approximate surface area is 116 Å². The fourth-order valence-corrected chi connectivity index (χ4v) is 2.09. The number of halogens is 2. The van der Waals surface area contributed by atoms with Gasteiger partial charge in [-0.3, -0.25) is 5.84 Å². The van der Waals surface area contributed by atoms with Crippen molar-refractivity contribution in [3.05, 3.63) is 64.7 Å². The minimum absolute atomic E-state index is 0.335. The third-order valence-electron chi connectivity index (χ3n) is 3.20. The lowest BCUT2D eigenvalue weighted by atomic mass is 9.97. The highest BCUT2D eigenvalue weighted by atomic mass is 19.1. The number of hydrogen-bond acceptors (Lipinski definition) is 3. The van der Waals surface area contributed by atoms with Crippen LogP contribution in [0.1, 0.15) is 22.7 Å². The molecule has 0 aliphatic carbocycles. The Morgan fingerprint density at radius 1 is 1.15 bits per heavy atom. The number of methoxy groups -OCH3 is 1. The lowest BCUT2D eigenvalue weighted by molar-refractivity contribution is 0.402. The minimum atomic E-state index is -0.559. The highest BCUT2D eigenvalue weighted by Gasteiger charge is 2.18. The van der Waals surface area contributed by atoms with Crippen molar-refractivity contribution in [2.75, 3.05) is 7.11 Å². The van der Waals surface area contributed by atoms with E-state index >= 15 is 0 Å². The quantitative estimate of drug-likeness (QED) is 0.668. The zero-order valence-corrected chi connectivity index (χ0v) is 11.3. The molecule has 0 spiro atoms. The smallest absolute Gasteiger partial charge is 0.126 e. The molecule has 2 rings (SSSR count). The Bertz CT molecular complexity index is 617. The molecule has 0 heterocycles. The summed E-state index contributed by atoms with van der Waals surface area (Å²) in [5.41, 5.74) is 4.22. The topological polar surface area (TPSA) is 47.3 Å². The van der Waals surface area contributed by atoms with Crippen molar-refractivity contribution in [3.63, 3.8) is 0 Å². The summed E-state index contributed by atoms with van der Waals surface area (Å²) in [6.07, 6.45) is 0. The van der Waals surface area contributed by atoms with Crippen LogP contribution in [0, 0.1) is 18.6 Å². The number of hydrazine groups is 1. The molecule has 20 heavy (non-hydrogen) atoms. The van der Waals surface area contributed by atoms with Crippen molar-refractivity contribution in [3.8, 4) is 5.75 Å².